The number of piperidine rings is 1. The van der Waals surface area contributed by atoms with Crippen LogP contribution in [0.25, 0.3) is 11.3 Å². The first-order valence-corrected chi connectivity index (χ1v) is 9.36. The number of halogens is 1. The standard InChI is InChI=1S/C20H21FN6O2/c1-13-9-22-20(25-19(13)14-2-3-18(29)17(21)8-14)24-15-10-23-27(11-15)16-4-6-26(12-28)7-5-16/h2-3,8-12,16,29H,4-7H2,1H3,(H,22,24,25). The van der Waals surface area contributed by atoms with Crippen LogP contribution in [-0.4, -0.2) is 49.3 Å². The van der Waals surface area contributed by atoms with E-state index in [0.717, 1.165) is 43.6 Å². The monoisotopic (exact) mass is 396 g/mol. The summed E-state index contributed by atoms with van der Waals surface area (Å²) in [5, 5.41) is 17.0. The number of amides is 1. The highest BCUT2D eigenvalue weighted by molar-refractivity contribution is 5.65. The first-order chi connectivity index (χ1) is 14.0. The fourth-order valence-corrected chi connectivity index (χ4v) is 3.44. The van der Waals surface area contributed by atoms with Crippen molar-refractivity contribution in [1.82, 2.24) is 24.6 Å². The van der Waals surface area contributed by atoms with Crippen LogP contribution in [0.3, 0.4) is 0 Å². The Morgan fingerprint density at radius 1 is 1.28 bits per heavy atom. The van der Waals surface area contributed by atoms with Gasteiger partial charge in [0.05, 0.1) is 23.6 Å². The first-order valence-electron chi connectivity index (χ1n) is 9.36. The highest BCUT2D eigenvalue weighted by Crippen LogP contribution is 2.27. The number of carbonyl (C=O) groups is 1. The zero-order valence-corrected chi connectivity index (χ0v) is 15.9. The molecule has 0 radical (unpaired) electrons. The zero-order valence-electron chi connectivity index (χ0n) is 15.9. The van der Waals surface area contributed by atoms with Gasteiger partial charge in [-0.05, 0) is 43.5 Å². The molecular formula is C20H21FN6O2. The molecule has 2 N–H and O–H groups in total. The number of aromatic nitrogens is 4. The second kappa shape index (κ2) is 7.86. The number of phenols is 1. The van der Waals surface area contributed by atoms with Crippen molar-refractivity contribution in [3.05, 3.63) is 48.2 Å². The van der Waals surface area contributed by atoms with Crippen LogP contribution in [0.5, 0.6) is 5.75 Å². The number of hydrogen-bond acceptors (Lipinski definition) is 6. The van der Waals surface area contributed by atoms with E-state index < -0.39 is 11.6 Å². The van der Waals surface area contributed by atoms with E-state index in [1.807, 2.05) is 17.8 Å². The minimum Gasteiger partial charge on any atom is -0.505 e. The van der Waals surface area contributed by atoms with Crippen LogP contribution >= 0.6 is 0 Å². The molecule has 0 unspecified atom stereocenters. The van der Waals surface area contributed by atoms with Crippen LogP contribution in [0.4, 0.5) is 16.0 Å². The Balaban J connectivity index is 1.51. The number of nitrogens with zero attached hydrogens (tertiary/aromatic N) is 5. The molecule has 1 saturated heterocycles. The first kappa shape index (κ1) is 18.9. The Morgan fingerprint density at radius 3 is 2.79 bits per heavy atom. The third-order valence-corrected chi connectivity index (χ3v) is 5.07. The highest BCUT2D eigenvalue weighted by Gasteiger charge is 2.20. The Morgan fingerprint density at radius 2 is 2.07 bits per heavy atom. The Kier molecular flexibility index (Phi) is 5.11. The average molecular weight is 396 g/mol. The molecule has 0 spiro atoms. The van der Waals surface area contributed by atoms with Gasteiger partial charge in [0.25, 0.3) is 0 Å². The van der Waals surface area contributed by atoms with Gasteiger partial charge in [0.2, 0.25) is 12.4 Å². The van der Waals surface area contributed by atoms with Gasteiger partial charge in [0.1, 0.15) is 0 Å². The molecule has 2 aromatic heterocycles. The van der Waals surface area contributed by atoms with Gasteiger partial charge < -0.3 is 15.3 Å². The van der Waals surface area contributed by atoms with E-state index in [1.54, 1.807) is 23.4 Å². The van der Waals surface area contributed by atoms with Crippen molar-refractivity contribution in [3.63, 3.8) is 0 Å². The topological polar surface area (TPSA) is 96.2 Å². The van der Waals surface area contributed by atoms with Crippen LogP contribution in [0, 0.1) is 12.7 Å². The Labute approximate surface area is 167 Å². The molecule has 3 aromatic rings. The lowest BCUT2D eigenvalue weighted by Gasteiger charge is -2.29. The normalized spacial score (nSPS) is 14.8. The summed E-state index contributed by atoms with van der Waals surface area (Å²) >= 11 is 0. The molecule has 1 aliphatic heterocycles. The molecular weight excluding hydrogens is 375 g/mol. The van der Waals surface area contributed by atoms with Gasteiger partial charge in [-0.2, -0.15) is 5.10 Å². The van der Waals surface area contributed by atoms with E-state index in [1.165, 1.54) is 12.1 Å². The molecule has 0 saturated carbocycles. The van der Waals surface area contributed by atoms with Crippen LogP contribution in [-0.2, 0) is 4.79 Å². The van der Waals surface area contributed by atoms with Gasteiger partial charge in [0.15, 0.2) is 11.6 Å². The molecule has 8 nitrogen and oxygen atoms in total. The van der Waals surface area contributed by atoms with E-state index in [9.17, 15) is 14.3 Å². The van der Waals surface area contributed by atoms with Crippen molar-refractivity contribution < 1.29 is 14.3 Å². The summed E-state index contributed by atoms with van der Waals surface area (Å²) in [5.41, 5.74) is 2.67. The van der Waals surface area contributed by atoms with Gasteiger partial charge in [0, 0.05) is 31.0 Å². The van der Waals surface area contributed by atoms with E-state index in [4.69, 9.17) is 0 Å². The Hall–Kier alpha value is -3.49. The molecule has 1 amide bonds. The van der Waals surface area contributed by atoms with Crippen molar-refractivity contribution in [1.29, 1.82) is 0 Å². The van der Waals surface area contributed by atoms with E-state index in [0.29, 0.717) is 17.2 Å². The van der Waals surface area contributed by atoms with Crippen molar-refractivity contribution in [2.24, 2.45) is 0 Å². The van der Waals surface area contributed by atoms with Gasteiger partial charge in [-0.1, -0.05) is 0 Å². The SMILES string of the molecule is Cc1cnc(Nc2cnn(C3CCN(C=O)CC3)c2)nc1-c1ccc(O)c(F)c1. The number of nitrogens with one attached hydrogen (secondary N) is 1. The highest BCUT2D eigenvalue weighted by atomic mass is 19.1. The summed E-state index contributed by atoms with van der Waals surface area (Å²) in [5.74, 6) is -0.725. The number of rotatable bonds is 5. The molecule has 150 valence electrons. The molecule has 0 atom stereocenters. The average Bonchev–Trinajstić information content (AvgIpc) is 3.20. The van der Waals surface area contributed by atoms with Crippen molar-refractivity contribution in [2.45, 2.75) is 25.8 Å². The third kappa shape index (κ3) is 4.03. The lowest BCUT2D eigenvalue weighted by Crippen LogP contribution is -2.33. The number of anilines is 2. The maximum Gasteiger partial charge on any atom is 0.227 e. The minimum atomic E-state index is -0.697. The summed E-state index contributed by atoms with van der Waals surface area (Å²) in [6.45, 7) is 3.29. The summed E-state index contributed by atoms with van der Waals surface area (Å²) in [6.07, 6.45) is 7.86. The van der Waals surface area contributed by atoms with Gasteiger partial charge in [-0.3, -0.25) is 9.48 Å². The van der Waals surface area contributed by atoms with Gasteiger partial charge in [-0.25, -0.2) is 14.4 Å². The number of carbonyl (C=O) groups excluding carboxylic acids is 1. The maximum absolute atomic E-state index is 13.7. The van der Waals surface area contributed by atoms with E-state index in [-0.39, 0.29) is 6.04 Å². The lowest BCUT2D eigenvalue weighted by atomic mass is 10.1. The minimum absolute atomic E-state index is 0.246. The van der Waals surface area contributed by atoms with Crippen LogP contribution in [0.1, 0.15) is 24.4 Å². The fraction of sp³-hybridized carbons (Fsp3) is 0.300. The smallest absolute Gasteiger partial charge is 0.227 e. The molecule has 1 fully saturated rings. The van der Waals surface area contributed by atoms with Gasteiger partial charge >= 0.3 is 0 Å². The van der Waals surface area contributed by atoms with Crippen LogP contribution in [0.2, 0.25) is 0 Å². The number of phenolic OH excluding ortho intramolecular Hbond substituents is 1. The number of likely N-dealkylation sites (tertiary alicyclic amines) is 1. The summed E-state index contributed by atoms with van der Waals surface area (Å²) in [6, 6.07) is 4.41. The Bertz CT molecular complexity index is 1030. The van der Waals surface area contributed by atoms with Crippen LogP contribution < -0.4 is 5.32 Å². The lowest BCUT2D eigenvalue weighted by molar-refractivity contribution is -0.119. The summed E-state index contributed by atoms with van der Waals surface area (Å²) in [7, 11) is 0. The largest absolute Gasteiger partial charge is 0.505 e. The summed E-state index contributed by atoms with van der Waals surface area (Å²) < 4.78 is 15.6. The van der Waals surface area contributed by atoms with Gasteiger partial charge in [-0.15, -0.1) is 0 Å². The van der Waals surface area contributed by atoms with E-state index in [2.05, 4.69) is 20.4 Å². The molecule has 4 rings (SSSR count). The molecule has 3 heterocycles. The predicted molar refractivity (Wildman–Crippen MR) is 105 cm³/mol. The van der Waals surface area contributed by atoms with Crippen molar-refractivity contribution >= 4 is 18.0 Å². The predicted octanol–water partition coefficient (Wildman–Crippen LogP) is 3.03. The quantitative estimate of drug-likeness (QED) is 0.644. The molecule has 1 aromatic carbocycles. The number of aryl methyl sites for hydroxylation is 1. The van der Waals surface area contributed by atoms with Crippen LogP contribution in [0.15, 0.2) is 36.8 Å². The molecule has 0 aliphatic carbocycles. The second-order valence-corrected chi connectivity index (χ2v) is 7.10. The molecule has 0 bridgehead atoms. The fourth-order valence-electron chi connectivity index (χ4n) is 3.44. The van der Waals surface area contributed by atoms with E-state index >= 15 is 0 Å². The molecule has 29 heavy (non-hydrogen) atoms. The summed E-state index contributed by atoms with van der Waals surface area (Å²) in [4.78, 5) is 21.4. The number of hydrogen-bond donors (Lipinski definition) is 2. The second-order valence-electron chi connectivity index (χ2n) is 7.10. The molecule has 9 heteroatoms. The maximum atomic E-state index is 13.7. The van der Waals surface area contributed by atoms with Crippen molar-refractivity contribution in [3.8, 4) is 17.0 Å². The molecule has 1 aliphatic rings. The number of benzene rings is 1. The third-order valence-electron chi connectivity index (χ3n) is 5.07. The number of aromatic hydroxyl groups is 1. The van der Waals surface area contributed by atoms with Crippen molar-refractivity contribution in [2.75, 3.05) is 18.4 Å². The zero-order chi connectivity index (χ0) is 20.4.